The molecule has 0 aromatic heterocycles. The smallest absolute Gasteiger partial charge is 0.125 e. The van der Waals surface area contributed by atoms with E-state index in [1.807, 2.05) is 12.1 Å². The molecule has 1 aromatic rings. The summed E-state index contributed by atoms with van der Waals surface area (Å²) in [6, 6.07) is 6.33. The molecule has 18 heavy (non-hydrogen) atoms. The minimum absolute atomic E-state index is 0.397. The van der Waals surface area contributed by atoms with Gasteiger partial charge < -0.3 is 20.1 Å². The van der Waals surface area contributed by atoms with Crippen LogP contribution in [0.2, 0.25) is 0 Å². The van der Waals surface area contributed by atoms with Gasteiger partial charge in [0.05, 0.1) is 14.2 Å². The van der Waals surface area contributed by atoms with Crippen LogP contribution in [0.15, 0.2) is 18.2 Å². The molecular formula is C14H24N2O2. The van der Waals surface area contributed by atoms with Crippen LogP contribution in [0.4, 0.5) is 0 Å². The number of nitrogens with zero attached hydrogens (tertiary/aromatic N) is 1. The lowest BCUT2D eigenvalue weighted by Gasteiger charge is -2.23. The SMILES string of the molecule is COc1ccc(CCN(C)C(C)CN)c(OC)c1. The van der Waals surface area contributed by atoms with Crippen LogP contribution in [0, 0.1) is 0 Å². The van der Waals surface area contributed by atoms with Crippen molar-refractivity contribution < 1.29 is 9.47 Å². The van der Waals surface area contributed by atoms with E-state index in [0.717, 1.165) is 24.5 Å². The summed E-state index contributed by atoms with van der Waals surface area (Å²) in [6.45, 7) is 3.77. The Kier molecular flexibility index (Phi) is 5.95. The maximum absolute atomic E-state index is 5.65. The van der Waals surface area contributed by atoms with E-state index in [9.17, 15) is 0 Å². The average Bonchev–Trinajstić information content (AvgIpc) is 2.43. The summed E-state index contributed by atoms with van der Waals surface area (Å²) < 4.78 is 10.6. The lowest BCUT2D eigenvalue weighted by Crippen LogP contribution is -2.36. The summed E-state index contributed by atoms with van der Waals surface area (Å²) in [7, 11) is 5.43. The lowest BCUT2D eigenvalue weighted by molar-refractivity contribution is 0.265. The first-order valence-corrected chi connectivity index (χ1v) is 6.23. The third-order valence-corrected chi connectivity index (χ3v) is 3.32. The van der Waals surface area contributed by atoms with Gasteiger partial charge in [0, 0.05) is 25.2 Å². The average molecular weight is 252 g/mol. The molecule has 4 nitrogen and oxygen atoms in total. The third-order valence-electron chi connectivity index (χ3n) is 3.32. The normalized spacial score (nSPS) is 12.6. The number of hydrogen-bond acceptors (Lipinski definition) is 4. The van der Waals surface area contributed by atoms with E-state index in [2.05, 4.69) is 24.9 Å². The molecule has 4 heteroatoms. The molecule has 0 saturated carbocycles. The van der Waals surface area contributed by atoms with Crippen LogP contribution in [0.25, 0.3) is 0 Å². The van der Waals surface area contributed by atoms with Gasteiger partial charge in [-0.15, -0.1) is 0 Å². The molecule has 0 saturated heterocycles. The third kappa shape index (κ3) is 3.89. The minimum Gasteiger partial charge on any atom is -0.497 e. The number of methoxy groups -OCH3 is 2. The fourth-order valence-electron chi connectivity index (χ4n) is 1.76. The second-order valence-corrected chi connectivity index (χ2v) is 4.49. The monoisotopic (exact) mass is 252 g/mol. The van der Waals surface area contributed by atoms with Gasteiger partial charge in [-0.3, -0.25) is 0 Å². The molecule has 1 unspecified atom stereocenters. The van der Waals surface area contributed by atoms with Crippen molar-refractivity contribution >= 4 is 0 Å². The van der Waals surface area contributed by atoms with Crippen molar-refractivity contribution in [1.29, 1.82) is 0 Å². The Morgan fingerprint density at radius 1 is 1.28 bits per heavy atom. The molecule has 0 amide bonds. The van der Waals surface area contributed by atoms with Crippen molar-refractivity contribution in [3.05, 3.63) is 23.8 Å². The Labute approximate surface area is 110 Å². The van der Waals surface area contributed by atoms with Gasteiger partial charge in [0.2, 0.25) is 0 Å². The largest absolute Gasteiger partial charge is 0.497 e. The molecule has 1 atom stereocenters. The first-order valence-electron chi connectivity index (χ1n) is 6.23. The van der Waals surface area contributed by atoms with Crippen molar-refractivity contribution in [3.63, 3.8) is 0 Å². The summed E-state index contributed by atoms with van der Waals surface area (Å²) >= 11 is 0. The van der Waals surface area contributed by atoms with Crippen molar-refractivity contribution in [2.75, 3.05) is 34.4 Å². The number of rotatable bonds is 7. The highest BCUT2D eigenvalue weighted by atomic mass is 16.5. The van der Waals surface area contributed by atoms with Crippen LogP contribution in [-0.2, 0) is 6.42 Å². The minimum atomic E-state index is 0.397. The maximum Gasteiger partial charge on any atom is 0.125 e. The Balaban J connectivity index is 2.67. The first-order chi connectivity index (χ1) is 8.62. The van der Waals surface area contributed by atoms with E-state index < -0.39 is 0 Å². The van der Waals surface area contributed by atoms with Gasteiger partial charge in [-0.2, -0.15) is 0 Å². The lowest BCUT2D eigenvalue weighted by atomic mass is 10.1. The van der Waals surface area contributed by atoms with Crippen LogP contribution in [-0.4, -0.2) is 45.3 Å². The summed E-state index contributed by atoms with van der Waals surface area (Å²) in [6.07, 6.45) is 0.938. The fourth-order valence-corrected chi connectivity index (χ4v) is 1.76. The van der Waals surface area contributed by atoms with E-state index in [1.165, 1.54) is 5.56 Å². The molecule has 0 heterocycles. The molecule has 0 aliphatic rings. The van der Waals surface area contributed by atoms with Gasteiger partial charge in [-0.05, 0) is 32.0 Å². The zero-order valence-corrected chi connectivity index (χ0v) is 11.8. The van der Waals surface area contributed by atoms with Crippen molar-refractivity contribution in [2.24, 2.45) is 5.73 Å². The van der Waals surface area contributed by atoms with Gasteiger partial charge in [0.1, 0.15) is 11.5 Å². The summed E-state index contributed by atoms with van der Waals surface area (Å²) in [5, 5.41) is 0. The number of likely N-dealkylation sites (N-methyl/N-ethyl adjacent to an activating group) is 1. The van der Waals surface area contributed by atoms with E-state index >= 15 is 0 Å². The molecule has 0 spiro atoms. The first kappa shape index (κ1) is 14.8. The molecule has 1 aromatic carbocycles. The predicted octanol–water partition coefficient (Wildman–Crippen LogP) is 1.53. The molecule has 0 radical (unpaired) electrons. The van der Waals surface area contributed by atoms with E-state index in [1.54, 1.807) is 14.2 Å². The maximum atomic E-state index is 5.65. The quantitative estimate of drug-likeness (QED) is 0.799. The van der Waals surface area contributed by atoms with Gasteiger partial charge in [0.25, 0.3) is 0 Å². The fraction of sp³-hybridized carbons (Fsp3) is 0.571. The Hall–Kier alpha value is -1.26. The van der Waals surface area contributed by atoms with Crippen LogP contribution in [0.1, 0.15) is 12.5 Å². The second-order valence-electron chi connectivity index (χ2n) is 4.49. The number of nitrogens with two attached hydrogens (primary N) is 1. The Morgan fingerprint density at radius 2 is 2.00 bits per heavy atom. The molecule has 102 valence electrons. The van der Waals surface area contributed by atoms with Gasteiger partial charge >= 0.3 is 0 Å². The van der Waals surface area contributed by atoms with E-state index in [4.69, 9.17) is 15.2 Å². The molecule has 0 aliphatic heterocycles. The number of benzene rings is 1. The van der Waals surface area contributed by atoms with Crippen molar-refractivity contribution in [3.8, 4) is 11.5 Å². The summed E-state index contributed by atoms with van der Waals surface area (Å²) in [4.78, 5) is 2.25. The number of ether oxygens (including phenoxy) is 2. The van der Waals surface area contributed by atoms with Crippen LogP contribution in [0.5, 0.6) is 11.5 Å². The topological polar surface area (TPSA) is 47.7 Å². The zero-order valence-electron chi connectivity index (χ0n) is 11.8. The summed E-state index contributed by atoms with van der Waals surface area (Å²) in [5.74, 6) is 1.70. The van der Waals surface area contributed by atoms with Crippen LogP contribution >= 0.6 is 0 Å². The van der Waals surface area contributed by atoms with Gasteiger partial charge in [0.15, 0.2) is 0 Å². The molecule has 0 bridgehead atoms. The standard InChI is InChI=1S/C14H24N2O2/c1-11(10-15)16(2)8-7-12-5-6-13(17-3)9-14(12)18-4/h5-6,9,11H,7-8,10,15H2,1-4H3. The number of hydrogen-bond donors (Lipinski definition) is 1. The van der Waals surface area contributed by atoms with Gasteiger partial charge in [-0.25, -0.2) is 0 Å². The molecular weight excluding hydrogens is 228 g/mol. The predicted molar refractivity (Wildman–Crippen MR) is 74.4 cm³/mol. The molecule has 2 N–H and O–H groups in total. The second kappa shape index (κ2) is 7.24. The highest BCUT2D eigenvalue weighted by molar-refractivity contribution is 5.40. The Morgan fingerprint density at radius 3 is 2.56 bits per heavy atom. The van der Waals surface area contributed by atoms with Crippen LogP contribution in [0.3, 0.4) is 0 Å². The zero-order chi connectivity index (χ0) is 13.5. The summed E-state index contributed by atoms with van der Waals surface area (Å²) in [5.41, 5.74) is 6.84. The van der Waals surface area contributed by atoms with E-state index in [-0.39, 0.29) is 0 Å². The van der Waals surface area contributed by atoms with Gasteiger partial charge in [-0.1, -0.05) is 6.07 Å². The molecule has 0 aliphatic carbocycles. The Bertz CT molecular complexity index is 369. The molecule has 0 fully saturated rings. The van der Waals surface area contributed by atoms with E-state index in [0.29, 0.717) is 12.6 Å². The van der Waals surface area contributed by atoms with Crippen molar-refractivity contribution in [1.82, 2.24) is 4.90 Å². The highest BCUT2D eigenvalue weighted by Crippen LogP contribution is 2.25. The van der Waals surface area contributed by atoms with Crippen LogP contribution < -0.4 is 15.2 Å². The highest BCUT2D eigenvalue weighted by Gasteiger charge is 2.09. The molecule has 1 rings (SSSR count). The van der Waals surface area contributed by atoms with Crippen molar-refractivity contribution in [2.45, 2.75) is 19.4 Å².